The van der Waals surface area contributed by atoms with Crippen LogP contribution >= 0.6 is 11.3 Å². The largest absolute Gasteiger partial charge is 0.495 e. The lowest BCUT2D eigenvalue weighted by atomic mass is 10.1. The highest BCUT2D eigenvalue weighted by Crippen LogP contribution is 2.40. The maximum absolute atomic E-state index is 13.9. The van der Waals surface area contributed by atoms with Crippen molar-refractivity contribution in [1.29, 1.82) is 0 Å². The van der Waals surface area contributed by atoms with Crippen LogP contribution in [0.5, 0.6) is 11.5 Å². The predicted molar refractivity (Wildman–Crippen MR) is 156 cm³/mol. The molecule has 1 unspecified atom stereocenters. The first-order valence-electron chi connectivity index (χ1n) is 13.4. The van der Waals surface area contributed by atoms with Gasteiger partial charge in [0.15, 0.2) is 5.13 Å². The van der Waals surface area contributed by atoms with E-state index in [1.807, 2.05) is 13.0 Å². The van der Waals surface area contributed by atoms with Gasteiger partial charge in [-0.05, 0) is 69.3 Å². The second-order valence-electron chi connectivity index (χ2n) is 9.61. The van der Waals surface area contributed by atoms with Gasteiger partial charge in [-0.3, -0.25) is 9.69 Å². The highest BCUT2D eigenvalue weighted by Gasteiger charge is 2.31. The Labute approximate surface area is 235 Å². The van der Waals surface area contributed by atoms with Crippen molar-refractivity contribution in [2.75, 3.05) is 51.8 Å². The van der Waals surface area contributed by atoms with E-state index in [-0.39, 0.29) is 16.8 Å². The van der Waals surface area contributed by atoms with Crippen molar-refractivity contribution < 1.29 is 22.7 Å². The number of sulfonamides is 1. The van der Waals surface area contributed by atoms with Gasteiger partial charge in [-0.1, -0.05) is 31.6 Å². The number of rotatable bonds is 11. The van der Waals surface area contributed by atoms with Crippen molar-refractivity contribution >= 4 is 42.6 Å². The number of benzene rings is 2. The average molecular weight is 575 g/mol. The lowest BCUT2D eigenvalue weighted by Gasteiger charge is -2.32. The van der Waals surface area contributed by atoms with Crippen LogP contribution in [0.3, 0.4) is 0 Å². The molecule has 4 rings (SSSR count). The van der Waals surface area contributed by atoms with Crippen LogP contribution in [0.4, 0.5) is 5.13 Å². The number of fused-ring (bicyclic) bond motifs is 1. The first-order valence-corrected chi connectivity index (χ1v) is 15.7. The van der Waals surface area contributed by atoms with Crippen molar-refractivity contribution in [3.63, 3.8) is 0 Å². The fraction of sp³-hybridized carbons (Fsp3) is 0.500. The van der Waals surface area contributed by atoms with E-state index < -0.39 is 10.0 Å². The van der Waals surface area contributed by atoms with E-state index in [1.54, 1.807) is 41.6 Å². The Morgan fingerprint density at radius 1 is 1.03 bits per heavy atom. The number of hydrogen-bond donors (Lipinski definition) is 0. The first kappa shape index (κ1) is 29.3. The number of methoxy groups -OCH3 is 2. The summed E-state index contributed by atoms with van der Waals surface area (Å²) in [5.41, 5.74) is 1.04. The van der Waals surface area contributed by atoms with E-state index >= 15 is 0 Å². The van der Waals surface area contributed by atoms with Crippen molar-refractivity contribution in [3.8, 4) is 11.5 Å². The Bertz CT molecular complexity index is 1350. The van der Waals surface area contributed by atoms with Crippen molar-refractivity contribution in [2.24, 2.45) is 0 Å². The van der Waals surface area contributed by atoms with Crippen LogP contribution in [-0.2, 0) is 10.0 Å². The molecule has 39 heavy (non-hydrogen) atoms. The fourth-order valence-electron chi connectivity index (χ4n) is 4.94. The van der Waals surface area contributed by atoms with Crippen LogP contribution in [0.25, 0.3) is 10.2 Å². The van der Waals surface area contributed by atoms with Crippen LogP contribution in [0, 0.1) is 0 Å². The SMILES string of the molecule is CCN(CC)CCN(C(=O)c1ccc(S(=O)(=O)N2CCCCC2C)cc1)c1nc2c(OC)ccc(OC)c2s1. The van der Waals surface area contributed by atoms with E-state index in [0.717, 1.165) is 37.1 Å². The van der Waals surface area contributed by atoms with Gasteiger partial charge in [0.1, 0.15) is 21.7 Å². The minimum absolute atomic E-state index is 0.0337. The number of amides is 1. The summed E-state index contributed by atoms with van der Waals surface area (Å²) in [6.45, 7) is 9.47. The maximum Gasteiger partial charge on any atom is 0.260 e. The maximum atomic E-state index is 13.9. The van der Waals surface area contributed by atoms with E-state index in [0.29, 0.717) is 47.3 Å². The molecule has 1 aliphatic rings. The molecule has 1 fully saturated rings. The molecule has 2 aromatic carbocycles. The number of thiazole rings is 1. The van der Waals surface area contributed by atoms with Crippen molar-refractivity contribution in [3.05, 3.63) is 42.0 Å². The molecule has 0 aliphatic carbocycles. The van der Waals surface area contributed by atoms with Crippen molar-refractivity contribution in [1.82, 2.24) is 14.2 Å². The number of piperidine rings is 1. The molecule has 1 saturated heterocycles. The van der Waals surface area contributed by atoms with Crippen LogP contribution in [0.2, 0.25) is 0 Å². The third kappa shape index (κ3) is 6.06. The zero-order valence-electron chi connectivity index (χ0n) is 23.3. The molecule has 1 aromatic heterocycles. The Kier molecular flexibility index (Phi) is 9.47. The Balaban J connectivity index is 1.68. The summed E-state index contributed by atoms with van der Waals surface area (Å²) in [7, 11) is -0.435. The average Bonchev–Trinajstić information content (AvgIpc) is 3.40. The summed E-state index contributed by atoms with van der Waals surface area (Å²) < 4.78 is 40.0. The van der Waals surface area contributed by atoms with Crippen molar-refractivity contribution in [2.45, 2.75) is 51.0 Å². The summed E-state index contributed by atoms with van der Waals surface area (Å²) in [6, 6.07) is 9.87. The zero-order valence-corrected chi connectivity index (χ0v) is 25.0. The van der Waals surface area contributed by atoms with Gasteiger partial charge in [-0.2, -0.15) is 4.31 Å². The molecular weight excluding hydrogens is 536 g/mol. The molecule has 1 amide bonds. The number of carbonyl (C=O) groups is 1. The molecule has 2 heterocycles. The van der Waals surface area contributed by atoms with Gasteiger partial charge < -0.3 is 14.4 Å². The minimum atomic E-state index is -3.62. The third-order valence-electron chi connectivity index (χ3n) is 7.36. The molecule has 9 nitrogen and oxygen atoms in total. The second kappa shape index (κ2) is 12.6. The Morgan fingerprint density at radius 2 is 1.69 bits per heavy atom. The molecule has 0 saturated carbocycles. The molecule has 3 aromatic rings. The third-order valence-corrected chi connectivity index (χ3v) is 10.5. The quantitative estimate of drug-likeness (QED) is 0.323. The minimum Gasteiger partial charge on any atom is -0.495 e. The molecule has 1 aliphatic heterocycles. The normalized spacial score (nSPS) is 16.5. The summed E-state index contributed by atoms with van der Waals surface area (Å²) >= 11 is 1.37. The van der Waals surface area contributed by atoms with E-state index in [1.165, 1.54) is 23.5 Å². The van der Waals surface area contributed by atoms with Crippen LogP contribution < -0.4 is 14.4 Å². The van der Waals surface area contributed by atoms with Gasteiger partial charge >= 0.3 is 0 Å². The second-order valence-corrected chi connectivity index (χ2v) is 12.5. The zero-order chi connectivity index (χ0) is 28.2. The van der Waals surface area contributed by atoms with Gasteiger partial charge in [0.2, 0.25) is 10.0 Å². The first-order chi connectivity index (χ1) is 18.7. The molecule has 0 spiro atoms. The number of anilines is 1. The smallest absolute Gasteiger partial charge is 0.260 e. The summed E-state index contributed by atoms with van der Waals surface area (Å²) in [6.07, 6.45) is 2.75. The predicted octanol–water partition coefficient (Wildman–Crippen LogP) is 4.87. The summed E-state index contributed by atoms with van der Waals surface area (Å²) in [4.78, 5) is 22.8. The van der Waals surface area contributed by atoms with E-state index in [4.69, 9.17) is 14.5 Å². The van der Waals surface area contributed by atoms with Crippen LogP contribution in [0.1, 0.15) is 50.4 Å². The number of likely N-dealkylation sites (N-methyl/N-ethyl adjacent to an activating group) is 1. The Morgan fingerprint density at radius 3 is 2.31 bits per heavy atom. The van der Waals surface area contributed by atoms with E-state index in [9.17, 15) is 13.2 Å². The van der Waals surface area contributed by atoms with E-state index in [2.05, 4.69) is 18.7 Å². The number of ether oxygens (including phenoxy) is 2. The van der Waals surface area contributed by atoms with Gasteiger partial charge in [-0.15, -0.1) is 0 Å². The van der Waals surface area contributed by atoms with Gasteiger partial charge in [0.25, 0.3) is 5.91 Å². The number of carbonyl (C=O) groups excluding carboxylic acids is 1. The van der Waals surface area contributed by atoms with Gasteiger partial charge in [0.05, 0.1) is 19.1 Å². The van der Waals surface area contributed by atoms with Gasteiger partial charge in [0, 0.05) is 31.2 Å². The lowest BCUT2D eigenvalue weighted by Crippen LogP contribution is -2.42. The number of nitrogens with zero attached hydrogens (tertiary/aromatic N) is 4. The molecule has 0 N–H and O–H groups in total. The summed E-state index contributed by atoms with van der Waals surface area (Å²) in [5, 5.41) is 0.531. The molecule has 0 bridgehead atoms. The molecule has 0 radical (unpaired) electrons. The lowest BCUT2D eigenvalue weighted by molar-refractivity contribution is 0.0983. The number of hydrogen-bond acceptors (Lipinski definition) is 8. The highest BCUT2D eigenvalue weighted by atomic mass is 32.2. The fourth-order valence-corrected chi connectivity index (χ4v) is 7.74. The number of aromatic nitrogens is 1. The topological polar surface area (TPSA) is 92.3 Å². The Hall–Kier alpha value is -2.73. The molecule has 1 atom stereocenters. The molecular formula is C28H38N4O5S2. The van der Waals surface area contributed by atoms with Crippen LogP contribution in [0.15, 0.2) is 41.3 Å². The molecule has 212 valence electrons. The standard InChI is InChI=1S/C28H38N4O5S2/c1-6-30(7-2)18-19-31(28-29-25-23(36-4)15-16-24(37-5)26(25)38-28)27(33)21-11-13-22(14-12-21)39(34,35)32-17-9-8-10-20(32)3/h11-16,20H,6-10,17-19H2,1-5H3. The monoisotopic (exact) mass is 574 g/mol. The summed E-state index contributed by atoms with van der Waals surface area (Å²) in [5.74, 6) is 1.02. The van der Waals surface area contributed by atoms with Crippen LogP contribution in [-0.4, -0.2) is 81.5 Å². The van der Waals surface area contributed by atoms with Gasteiger partial charge in [-0.25, -0.2) is 13.4 Å². The highest BCUT2D eigenvalue weighted by molar-refractivity contribution is 7.89. The molecule has 11 heteroatoms.